The van der Waals surface area contributed by atoms with Crippen LogP contribution in [0.5, 0.6) is 0 Å². The Balaban J connectivity index is 1.86. The van der Waals surface area contributed by atoms with E-state index in [0.717, 1.165) is 4.90 Å². The van der Waals surface area contributed by atoms with Gasteiger partial charge < -0.3 is 20.4 Å². The lowest BCUT2D eigenvalue weighted by atomic mass is 10.1. The van der Waals surface area contributed by atoms with Gasteiger partial charge in [0.2, 0.25) is 0 Å². The van der Waals surface area contributed by atoms with Crippen molar-refractivity contribution in [2.75, 3.05) is 19.6 Å². The molecule has 1 fully saturated rings. The third kappa shape index (κ3) is 3.37. The Morgan fingerprint density at radius 1 is 1.47 bits per heavy atom. The minimum Gasteiger partial charge on any atom is -0.465 e. The van der Waals surface area contributed by atoms with Gasteiger partial charge in [-0.15, -0.1) is 11.3 Å². The summed E-state index contributed by atoms with van der Waals surface area (Å²) in [4.78, 5) is 24.2. The third-order valence-corrected chi connectivity index (χ3v) is 4.23. The van der Waals surface area contributed by atoms with E-state index in [1.807, 2.05) is 0 Å². The highest BCUT2D eigenvalue weighted by Gasteiger charge is 2.34. The number of thiophene rings is 1. The molecule has 1 aliphatic heterocycles. The molecule has 19 heavy (non-hydrogen) atoms. The zero-order valence-corrected chi connectivity index (χ0v) is 11.4. The van der Waals surface area contributed by atoms with Crippen LogP contribution in [0.25, 0.3) is 0 Å². The lowest BCUT2D eigenvalue weighted by Crippen LogP contribution is -2.34. The summed E-state index contributed by atoms with van der Waals surface area (Å²) in [5, 5.41) is 21.2. The molecule has 0 unspecified atom stereocenters. The molecule has 0 bridgehead atoms. The average Bonchev–Trinajstić information content (AvgIpc) is 2.93. The number of nitrogens with zero attached hydrogens (tertiary/aromatic N) is 1. The number of hydrogen-bond acceptors (Lipinski definition) is 4. The molecule has 2 amide bonds. The lowest BCUT2D eigenvalue weighted by molar-refractivity contribution is 0.0930. The summed E-state index contributed by atoms with van der Waals surface area (Å²) in [5.41, 5.74) is 0. The van der Waals surface area contributed by atoms with Crippen LogP contribution in [-0.2, 0) is 0 Å². The average molecular weight is 305 g/mol. The molecular weight excluding hydrogens is 292 g/mol. The van der Waals surface area contributed by atoms with Crippen molar-refractivity contribution in [1.82, 2.24) is 10.2 Å². The molecule has 2 rings (SSSR count). The van der Waals surface area contributed by atoms with Crippen LogP contribution in [0.2, 0.25) is 4.34 Å². The van der Waals surface area contributed by atoms with Crippen molar-refractivity contribution >= 4 is 34.9 Å². The minimum atomic E-state index is -1.06. The molecule has 2 heterocycles. The van der Waals surface area contributed by atoms with E-state index in [9.17, 15) is 14.7 Å². The van der Waals surface area contributed by atoms with Gasteiger partial charge >= 0.3 is 6.09 Å². The Morgan fingerprint density at radius 2 is 2.21 bits per heavy atom. The number of nitrogens with one attached hydrogen (secondary N) is 1. The van der Waals surface area contributed by atoms with Crippen LogP contribution in [0.4, 0.5) is 4.79 Å². The maximum atomic E-state index is 11.8. The smallest absolute Gasteiger partial charge is 0.407 e. The molecule has 0 aromatic carbocycles. The van der Waals surface area contributed by atoms with Crippen molar-refractivity contribution < 1.29 is 19.8 Å². The number of carbonyl (C=O) groups excluding carboxylic acids is 1. The second-order valence-corrected chi connectivity index (χ2v) is 6.04. The number of amides is 2. The van der Waals surface area contributed by atoms with Crippen molar-refractivity contribution in [3.05, 3.63) is 21.3 Å². The summed E-state index contributed by atoms with van der Waals surface area (Å²) in [7, 11) is 0. The van der Waals surface area contributed by atoms with Gasteiger partial charge in [0.15, 0.2) is 0 Å². The highest BCUT2D eigenvalue weighted by Crippen LogP contribution is 2.21. The van der Waals surface area contributed by atoms with E-state index < -0.39 is 12.2 Å². The van der Waals surface area contributed by atoms with Gasteiger partial charge in [-0.3, -0.25) is 4.79 Å². The number of hydrogen-bond donors (Lipinski definition) is 3. The molecule has 0 spiro atoms. The van der Waals surface area contributed by atoms with Gasteiger partial charge in [-0.25, -0.2) is 4.79 Å². The first-order valence-electron chi connectivity index (χ1n) is 5.67. The number of carbonyl (C=O) groups is 2. The van der Waals surface area contributed by atoms with Crippen LogP contribution < -0.4 is 5.32 Å². The molecule has 3 N–H and O–H groups in total. The normalized spacial score (nSPS) is 22.5. The van der Waals surface area contributed by atoms with Crippen LogP contribution in [-0.4, -0.2) is 52.9 Å². The molecule has 6 nitrogen and oxygen atoms in total. The molecule has 1 saturated heterocycles. The van der Waals surface area contributed by atoms with E-state index in [1.54, 1.807) is 12.1 Å². The van der Waals surface area contributed by atoms with Gasteiger partial charge in [-0.05, 0) is 12.1 Å². The number of β-amino-alcohol motifs (C(OH)–C–C–N with tert-alkyl or cyclic N) is 1. The van der Waals surface area contributed by atoms with Gasteiger partial charge in [0.05, 0.1) is 21.9 Å². The maximum Gasteiger partial charge on any atom is 0.407 e. The van der Waals surface area contributed by atoms with E-state index in [-0.39, 0.29) is 31.5 Å². The Morgan fingerprint density at radius 3 is 2.74 bits per heavy atom. The first-order chi connectivity index (χ1) is 8.97. The Kier molecular flexibility index (Phi) is 4.28. The second kappa shape index (κ2) is 5.77. The zero-order valence-electron chi connectivity index (χ0n) is 9.88. The largest absolute Gasteiger partial charge is 0.465 e. The molecule has 2 atom stereocenters. The molecular formula is C11H13ClN2O4S. The van der Waals surface area contributed by atoms with Gasteiger partial charge in [0.1, 0.15) is 0 Å². The molecule has 1 aromatic rings. The highest BCUT2D eigenvalue weighted by atomic mass is 35.5. The van der Waals surface area contributed by atoms with Crippen molar-refractivity contribution in [3.8, 4) is 0 Å². The predicted molar refractivity (Wildman–Crippen MR) is 70.8 cm³/mol. The number of aliphatic hydroxyl groups is 1. The van der Waals surface area contributed by atoms with Crippen LogP contribution >= 0.6 is 22.9 Å². The number of likely N-dealkylation sites (tertiary alicyclic amines) is 1. The standard InChI is InChI=1S/C11H13ClN2O4S/c12-9-2-1-8(19-9)10(16)13-3-6-4-14(11(17)18)5-7(6)15/h1-2,6-7,15H,3-5H2,(H,13,16)(H,17,18)/t6-,7+/m1/s1. The molecule has 0 radical (unpaired) electrons. The number of carboxylic acid groups (broad SMARTS) is 1. The van der Waals surface area contributed by atoms with Gasteiger partial charge in [-0.2, -0.15) is 0 Å². The third-order valence-electron chi connectivity index (χ3n) is 3.00. The summed E-state index contributed by atoms with van der Waals surface area (Å²) in [6.45, 7) is 0.544. The molecule has 104 valence electrons. The van der Waals surface area contributed by atoms with E-state index in [1.165, 1.54) is 11.3 Å². The van der Waals surface area contributed by atoms with Crippen LogP contribution in [0, 0.1) is 5.92 Å². The predicted octanol–water partition coefficient (Wildman–Crippen LogP) is 1.10. The minimum absolute atomic E-state index is 0.0840. The summed E-state index contributed by atoms with van der Waals surface area (Å²) < 4.78 is 0.531. The Labute approximate surface area is 118 Å². The van der Waals surface area contributed by atoms with Gasteiger partial charge in [0.25, 0.3) is 5.91 Å². The first kappa shape index (κ1) is 14.1. The topological polar surface area (TPSA) is 89.9 Å². The van der Waals surface area contributed by atoms with E-state index in [2.05, 4.69) is 5.32 Å². The Bertz CT molecular complexity index is 493. The van der Waals surface area contributed by atoms with E-state index in [4.69, 9.17) is 16.7 Å². The second-order valence-electron chi connectivity index (χ2n) is 4.33. The summed E-state index contributed by atoms with van der Waals surface area (Å²) >= 11 is 6.91. The van der Waals surface area contributed by atoms with Crippen molar-refractivity contribution in [1.29, 1.82) is 0 Å². The van der Waals surface area contributed by atoms with Crippen molar-refractivity contribution in [2.24, 2.45) is 5.92 Å². The Hall–Kier alpha value is -1.31. The summed E-state index contributed by atoms with van der Waals surface area (Å²) in [6.07, 6.45) is -1.80. The van der Waals surface area contributed by atoms with Crippen LogP contribution in [0.3, 0.4) is 0 Å². The zero-order chi connectivity index (χ0) is 14.0. The molecule has 1 aromatic heterocycles. The SMILES string of the molecule is O=C(NC[C@@H]1CN(C(=O)O)C[C@@H]1O)c1ccc(Cl)s1. The fourth-order valence-electron chi connectivity index (χ4n) is 1.96. The van der Waals surface area contributed by atoms with Gasteiger partial charge in [-0.1, -0.05) is 11.6 Å². The number of rotatable bonds is 3. The van der Waals surface area contributed by atoms with E-state index >= 15 is 0 Å². The van der Waals surface area contributed by atoms with Crippen molar-refractivity contribution in [2.45, 2.75) is 6.10 Å². The summed E-state index contributed by atoms with van der Waals surface area (Å²) in [6, 6.07) is 3.26. The molecule has 1 aliphatic rings. The van der Waals surface area contributed by atoms with Gasteiger partial charge in [0, 0.05) is 19.0 Å². The number of aliphatic hydroxyl groups excluding tert-OH is 1. The quantitative estimate of drug-likeness (QED) is 0.780. The van der Waals surface area contributed by atoms with E-state index in [0.29, 0.717) is 9.21 Å². The van der Waals surface area contributed by atoms with Crippen molar-refractivity contribution in [3.63, 3.8) is 0 Å². The summed E-state index contributed by atoms with van der Waals surface area (Å²) in [5.74, 6) is -0.548. The first-order valence-corrected chi connectivity index (χ1v) is 6.86. The monoisotopic (exact) mass is 304 g/mol. The molecule has 0 saturated carbocycles. The fourth-order valence-corrected chi connectivity index (χ4v) is 2.92. The maximum absolute atomic E-state index is 11.8. The lowest BCUT2D eigenvalue weighted by Gasteiger charge is -2.13. The van der Waals surface area contributed by atoms with Crippen LogP contribution in [0.1, 0.15) is 9.67 Å². The number of halogens is 1. The highest BCUT2D eigenvalue weighted by molar-refractivity contribution is 7.17. The molecule has 0 aliphatic carbocycles. The molecule has 8 heteroatoms. The van der Waals surface area contributed by atoms with Crippen LogP contribution in [0.15, 0.2) is 12.1 Å². The fraction of sp³-hybridized carbons (Fsp3) is 0.455.